The van der Waals surface area contributed by atoms with Crippen LogP contribution >= 0.6 is 0 Å². The van der Waals surface area contributed by atoms with Crippen LogP contribution < -0.4 is 9.80 Å². The molecule has 3 aliphatic carbocycles. The maximum atomic E-state index is 12.3. The Morgan fingerprint density at radius 1 is 0.412 bits per heavy atom. The first kappa shape index (κ1) is 45.1. The Kier molecular flexibility index (Phi) is 9.06. The molecule has 0 saturated carbocycles. The summed E-state index contributed by atoms with van der Waals surface area (Å²) < 4.78 is 14.3. The average Bonchev–Trinajstić information content (AvgIpc) is 4.17. The minimum absolute atomic E-state index is 0.218. The number of benzene rings is 10. The fraction of sp³-hybridized carbons (Fsp3) is 0.108. The van der Waals surface area contributed by atoms with Crippen LogP contribution in [0.25, 0.3) is 66.1 Å². The number of anilines is 6. The second-order valence-electron chi connectivity index (χ2n) is 23.2. The van der Waals surface area contributed by atoms with Crippen molar-refractivity contribution in [2.24, 2.45) is 0 Å². The van der Waals surface area contributed by atoms with Gasteiger partial charge in [-0.05, 0) is 116 Å². The maximum Gasteiger partial charge on any atom is 0.167 e. The lowest BCUT2D eigenvalue weighted by Crippen LogP contribution is -2.37. The van der Waals surface area contributed by atoms with Gasteiger partial charge in [0.1, 0.15) is 34.1 Å². The van der Waals surface area contributed by atoms with Crippen molar-refractivity contribution >= 4 is 78.0 Å². The van der Waals surface area contributed by atoms with E-state index in [-0.39, 0.29) is 11.8 Å². The lowest BCUT2D eigenvalue weighted by molar-refractivity contribution is 0.600. The van der Waals surface area contributed by atoms with E-state index in [1.165, 1.54) is 22.3 Å². The number of hydrogen-bond acceptors (Lipinski definition) is 6. The average molecular weight is 1030 g/mol. The number of aromatic nitrogens is 1. The summed E-state index contributed by atoms with van der Waals surface area (Å²) in [5.41, 5.74) is 24.0. The fourth-order valence-electron chi connectivity index (χ4n) is 14.9. The number of nitriles is 1. The smallest absolute Gasteiger partial charge is 0.167 e. The zero-order chi connectivity index (χ0) is 53.3. The van der Waals surface area contributed by atoms with E-state index in [0.717, 1.165) is 128 Å². The summed E-state index contributed by atoms with van der Waals surface area (Å²) in [5, 5.41) is 16.5. The lowest BCUT2D eigenvalue weighted by Gasteiger charge is -2.49. The van der Waals surface area contributed by atoms with Crippen molar-refractivity contribution in [3.8, 4) is 28.3 Å². The molecule has 2 aliphatic heterocycles. The first-order valence-corrected chi connectivity index (χ1v) is 27.7. The summed E-state index contributed by atoms with van der Waals surface area (Å²) in [7, 11) is 0. The SMILES string of the molecule is CC1(C)c2cc(-c3ccccc3)ccc2N(c2c(C#N)nc3c(c2N2c4ccc(-c5ccccc5)cc4C(C)(C)c4c2ccc2c4oc4ccccc42)C2c4ccccc4C3c3ccccc32)c2ccc3c(oc4ccccc43)c21. The highest BCUT2D eigenvalue weighted by Crippen LogP contribution is 2.66. The molecule has 13 aromatic rings. The Labute approximate surface area is 463 Å². The monoisotopic (exact) mass is 1030 g/mol. The highest BCUT2D eigenvalue weighted by molar-refractivity contribution is 6.13. The standard InChI is InChI=1S/C74H50N4O2/c1-73(2)54-39-44(42-19-7-5-8-20-42)31-35-57(54)77(59-37-33-52-46-23-15-17-29-61(46)79-71(52)66(59)73)69-56(41-75)76-68-64-50-27-13-11-25-48(50)63(49-26-12-14-28-51(49)64)65(68)70(69)78-58-36-32-45(43-21-9-6-10-22-43)40-55(58)74(3,4)67-60(78)38-34-53-47-24-16-18-30-62(47)80-72(53)67/h5-40,63-64H,1-4H3. The molecule has 378 valence electrons. The number of rotatable bonds is 4. The number of nitrogens with zero attached hydrogens (tertiary/aromatic N) is 4. The van der Waals surface area contributed by atoms with Crippen LogP contribution in [0.5, 0.6) is 0 Å². The molecule has 2 bridgehead atoms. The van der Waals surface area contributed by atoms with Gasteiger partial charge in [-0.2, -0.15) is 5.26 Å². The van der Waals surface area contributed by atoms with Crippen LogP contribution in [0.1, 0.15) is 101 Å². The molecular formula is C74H50N4O2. The van der Waals surface area contributed by atoms with Gasteiger partial charge in [0.25, 0.3) is 0 Å². The van der Waals surface area contributed by atoms with E-state index >= 15 is 0 Å². The molecule has 6 nitrogen and oxygen atoms in total. The third kappa shape index (κ3) is 5.88. The van der Waals surface area contributed by atoms with E-state index in [4.69, 9.17) is 13.8 Å². The summed E-state index contributed by atoms with van der Waals surface area (Å²) in [5.74, 6) is -0.445. The lowest BCUT2D eigenvalue weighted by atomic mass is 9.62. The first-order valence-electron chi connectivity index (χ1n) is 27.7. The fourth-order valence-corrected chi connectivity index (χ4v) is 14.9. The van der Waals surface area contributed by atoms with Gasteiger partial charge in [0.15, 0.2) is 5.69 Å². The molecule has 18 rings (SSSR count). The normalized spacial score (nSPS) is 16.6. The van der Waals surface area contributed by atoms with Gasteiger partial charge in [0.2, 0.25) is 0 Å². The number of pyridine rings is 1. The van der Waals surface area contributed by atoms with Gasteiger partial charge in [-0.25, -0.2) is 4.98 Å². The Morgan fingerprint density at radius 3 is 1.30 bits per heavy atom. The van der Waals surface area contributed by atoms with Gasteiger partial charge in [-0.15, -0.1) is 0 Å². The predicted molar refractivity (Wildman–Crippen MR) is 323 cm³/mol. The highest BCUT2D eigenvalue weighted by Gasteiger charge is 2.51. The molecule has 0 fully saturated rings. The maximum absolute atomic E-state index is 12.3. The van der Waals surface area contributed by atoms with E-state index in [1.54, 1.807) is 0 Å². The molecular weight excluding hydrogens is 977 g/mol. The molecule has 0 N–H and O–H groups in total. The Bertz CT molecular complexity index is 4830. The third-order valence-corrected chi connectivity index (χ3v) is 18.4. The highest BCUT2D eigenvalue weighted by atomic mass is 16.3. The van der Waals surface area contributed by atoms with Crippen molar-refractivity contribution in [1.29, 1.82) is 5.26 Å². The van der Waals surface area contributed by atoms with Crippen molar-refractivity contribution < 1.29 is 8.83 Å². The van der Waals surface area contributed by atoms with Gasteiger partial charge in [0.05, 0.1) is 40.0 Å². The van der Waals surface area contributed by atoms with E-state index in [9.17, 15) is 5.26 Å². The molecule has 6 heteroatoms. The van der Waals surface area contributed by atoms with Gasteiger partial charge in [-0.3, -0.25) is 0 Å². The molecule has 3 aromatic heterocycles. The van der Waals surface area contributed by atoms with E-state index in [1.807, 2.05) is 6.07 Å². The van der Waals surface area contributed by atoms with Crippen molar-refractivity contribution in [2.75, 3.05) is 9.80 Å². The molecule has 0 amide bonds. The van der Waals surface area contributed by atoms with Crippen LogP contribution in [0.3, 0.4) is 0 Å². The third-order valence-electron chi connectivity index (χ3n) is 18.4. The van der Waals surface area contributed by atoms with Crippen LogP contribution in [0.4, 0.5) is 34.1 Å². The summed E-state index contributed by atoms with van der Waals surface area (Å²) in [6.45, 7) is 9.36. The van der Waals surface area contributed by atoms with Crippen LogP contribution in [0, 0.1) is 11.3 Å². The largest absolute Gasteiger partial charge is 0.456 e. The molecule has 0 radical (unpaired) electrons. The zero-order valence-electron chi connectivity index (χ0n) is 44.5. The number of para-hydroxylation sites is 2. The molecule has 0 spiro atoms. The number of fused-ring (bicyclic) bond motifs is 12. The minimum atomic E-state index is -0.583. The second kappa shape index (κ2) is 16.1. The van der Waals surface area contributed by atoms with Crippen molar-refractivity contribution in [2.45, 2.75) is 50.4 Å². The molecule has 80 heavy (non-hydrogen) atoms. The first-order chi connectivity index (χ1) is 39.2. The van der Waals surface area contributed by atoms with Gasteiger partial charge < -0.3 is 18.6 Å². The summed E-state index contributed by atoms with van der Waals surface area (Å²) in [6.07, 6.45) is 0. The topological polar surface area (TPSA) is 69.4 Å². The van der Waals surface area contributed by atoms with Crippen molar-refractivity contribution in [3.63, 3.8) is 0 Å². The molecule has 5 aliphatic rings. The molecule has 5 heterocycles. The molecule has 0 unspecified atom stereocenters. The van der Waals surface area contributed by atoms with Gasteiger partial charge in [-0.1, -0.05) is 185 Å². The second-order valence-corrected chi connectivity index (χ2v) is 23.2. The van der Waals surface area contributed by atoms with E-state index < -0.39 is 10.8 Å². The number of furan rings is 2. The Morgan fingerprint density at radius 2 is 0.825 bits per heavy atom. The van der Waals surface area contributed by atoms with Crippen LogP contribution in [-0.4, -0.2) is 4.98 Å². The zero-order valence-corrected chi connectivity index (χ0v) is 44.5. The molecule has 0 atom stereocenters. The Hall–Kier alpha value is -9.96. The quantitative estimate of drug-likeness (QED) is 0.175. The Balaban J connectivity index is 1.06. The van der Waals surface area contributed by atoms with Crippen molar-refractivity contribution in [3.05, 3.63) is 280 Å². The summed E-state index contributed by atoms with van der Waals surface area (Å²) >= 11 is 0. The summed E-state index contributed by atoms with van der Waals surface area (Å²) in [6, 6.07) is 81.6. The van der Waals surface area contributed by atoms with Gasteiger partial charge >= 0.3 is 0 Å². The van der Waals surface area contributed by atoms with Crippen molar-refractivity contribution in [1.82, 2.24) is 4.98 Å². The van der Waals surface area contributed by atoms with Crippen LogP contribution in [0.2, 0.25) is 0 Å². The minimum Gasteiger partial charge on any atom is -0.456 e. The van der Waals surface area contributed by atoms with Crippen LogP contribution in [0.15, 0.2) is 227 Å². The van der Waals surface area contributed by atoms with E-state index in [0.29, 0.717) is 11.4 Å². The number of hydrogen-bond donors (Lipinski definition) is 0. The molecule has 0 saturated heterocycles. The predicted octanol–water partition coefficient (Wildman–Crippen LogP) is 19.3. The molecule has 10 aromatic carbocycles. The van der Waals surface area contributed by atoms with E-state index in [2.05, 4.69) is 256 Å². The van der Waals surface area contributed by atoms with Gasteiger partial charge in [0, 0.05) is 55.0 Å². The van der Waals surface area contributed by atoms with Crippen LogP contribution in [-0.2, 0) is 10.8 Å². The summed E-state index contributed by atoms with van der Waals surface area (Å²) in [4.78, 5) is 10.7.